The van der Waals surface area contributed by atoms with Gasteiger partial charge in [-0.15, -0.1) is 0 Å². The van der Waals surface area contributed by atoms with E-state index >= 15 is 0 Å². The van der Waals surface area contributed by atoms with Gasteiger partial charge in [0.1, 0.15) is 18.5 Å². The number of rotatable bonds is 2. The molecule has 1 atom stereocenters. The van der Waals surface area contributed by atoms with Crippen LogP contribution in [0.1, 0.15) is 5.56 Å². The number of nitrogens with one attached hydrogen (secondary N) is 1. The van der Waals surface area contributed by atoms with Crippen LogP contribution in [0.5, 0.6) is 5.75 Å². The summed E-state index contributed by atoms with van der Waals surface area (Å²) >= 11 is 3.48. The van der Waals surface area contributed by atoms with E-state index < -0.39 is 0 Å². The van der Waals surface area contributed by atoms with Crippen LogP contribution in [0.3, 0.4) is 0 Å². The van der Waals surface area contributed by atoms with Crippen LogP contribution < -0.4 is 10.1 Å². The van der Waals surface area contributed by atoms with Crippen molar-refractivity contribution in [3.05, 3.63) is 28.2 Å². The maximum absolute atomic E-state index is 11.0. The monoisotopic (exact) mass is 326 g/mol. The second-order valence-electron chi connectivity index (χ2n) is 4.74. The van der Waals surface area contributed by atoms with Crippen LogP contribution in [-0.2, 0) is 11.3 Å². The predicted octanol–water partition coefficient (Wildman–Crippen LogP) is 1.75. The molecule has 0 aromatic heterocycles. The largest absolute Gasteiger partial charge is 0.492 e. The van der Waals surface area contributed by atoms with Gasteiger partial charge in [-0.2, -0.15) is 0 Å². The molecule has 1 N–H and O–H groups in total. The minimum Gasteiger partial charge on any atom is -0.492 e. The molecule has 1 fully saturated rings. The third-order valence-electron chi connectivity index (χ3n) is 3.29. The number of hydrogen-bond donors (Lipinski definition) is 1. The third kappa shape index (κ3) is 3.01. The smallest absolute Gasteiger partial charge is 0.407 e. The van der Waals surface area contributed by atoms with Gasteiger partial charge < -0.3 is 14.8 Å². The number of carbonyl (C=O) groups is 1. The van der Waals surface area contributed by atoms with E-state index in [-0.39, 0.29) is 12.2 Å². The first-order chi connectivity index (χ1) is 9.20. The summed E-state index contributed by atoms with van der Waals surface area (Å²) in [6.45, 7) is 3.61. The number of cyclic esters (lactones) is 1. The van der Waals surface area contributed by atoms with E-state index in [0.717, 1.165) is 35.4 Å². The molecule has 1 unspecified atom stereocenters. The van der Waals surface area contributed by atoms with Crippen LogP contribution in [-0.4, -0.2) is 43.3 Å². The Balaban J connectivity index is 1.69. The van der Waals surface area contributed by atoms with E-state index in [1.807, 2.05) is 12.1 Å². The normalized spacial score (nSPS) is 23.0. The van der Waals surface area contributed by atoms with Gasteiger partial charge in [-0.1, -0.05) is 15.9 Å². The molecule has 19 heavy (non-hydrogen) atoms. The summed E-state index contributed by atoms with van der Waals surface area (Å²) in [6, 6.07) is 6.05. The number of amides is 1. The first-order valence-corrected chi connectivity index (χ1v) is 7.08. The zero-order chi connectivity index (χ0) is 13.2. The fraction of sp³-hybridized carbons (Fsp3) is 0.462. The van der Waals surface area contributed by atoms with Gasteiger partial charge in [-0.25, -0.2) is 4.79 Å². The van der Waals surface area contributed by atoms with Crippen molar-refractivity contribution in [2.24, 2.45) is 0 Å². The van der Waals surface area contributed by atoms with Crippen molar-refractivity contribution in [3.63, 3.8) is 0 Å². The van der Waals surface area contributed by atoms with Crippen molar-refractivity contribution >= 4 is 22.0 Å². The van der Waals surface area contributed by atoms with Gasteiger partial charge >= 0.3 is 6.09 Å². The lowest BCUT2D eigenvalue weighted by Gasteiger charge is -2.21. The lowest BCUT2D eigenvalue weighted by Crippen LogP contribution is -2.35. The molecular weight excluding hydrogens is 312 g/mol. The molecule has 0 spiro atoms. The summed E-state index contributed by atoms with van der Waals surface area (Å²) in [5.74, 6) is 0.937. The molecule has 2 aliphatic heterocycles. The predicted molar refractivity (Wildman–Crippen MR) is 73.2 cm³/mol. The minimum absolute atomic E-state index is 0.0683. The standard InChI is InChI=1S/C13H15BrN2O3/c14-10-1-2-12-9(5-10)7-16(3-4-18-12)8-11-6-15-13(17)19-11/h1-2,5,11H,3-4,6-8H2,(H,15,17). The van der Waals surface area contributed by atoms with Gasteiger partial charge in [-0.05, 0) is 18.2 Å². The molecule has 1 aromatic carbocycles. The molecule has 2 heterocycles. The molecule has 102 valence electrons. The fourth-order valence-corrected chi connectivity index (χ4v) is 2.80. The number of halogens is 1. The highest BCUT2D eigenvalue weighted by molar-refractivity contribution is 9.10. The molecule has 6 heteroatoms. The van der Waals surface area contributed by atoms with Gasteiger partial charge in [0, 0.05) is 29.7 Å². The zero-order valence-electron chi connectivity index (χ0n) is 10.4. The number of fused-ring (bicyclic) bond motifs is 1. The average Bonchev–Trinajstić information content (AvgIpc) is 2.67. The van der Waals surface area contributed by atoms with Crippen LogP contribution in [0.25, 0.3) is 0 Å². The Morgan fingerprint density at radius 2 is 2.37 bits per heavy atom. The molecule has 1 aromatic rings. The quantitative estimate of drug-likeness (QED) is 0.899. The van der Waals surface area contributed by atoms with Crippen LogP contribution in [0.15, 0.2) is 22.7 Å². The second kappa shape index (κ2) is 5.38. The summed E-state index contributed by atoms with van der Waals surface area (Å²) in [7, 11) is 0. The van der Waals surface area contributed by atoms with Crippen LogP contribution in [0.2, 0.25) is 0 Å². The highest BCUT2D eigenvalue weighted by atomic mass is 79.9. The van der Waals surface area contributed by atoms with Crippen molar-refractivity contribution in [3.8, 4) is 5.75 Å². The summed E-state index contributed by atoms with van der Waals surface area (Å²) in [4.78, 5) is 13.3. The van der Waals surface area contributed by atoms with Gasteiger partial charge in [0.05, 0.1) is 6.54 Å². The average molecular weight is 327 g/mol. The molecular formula is C13H15BrN2O3. The maximum atomic E-state index is 11.0. The van der Waals surface area contributed by atoms with Crippen molar-refractivity contribution < 1.29 is 14.3 Å². The van der Waals surface area contributed by atoms with E-state index in [4.69, 9.17) is 9.47 Å². The number of benzene rings is 1. The Morgan fingerprint density at radius 3 is 3.16 bits per heavy atom. The Bertz CT molecular complexity index is 495. The number of ether oxygens (including phenoxy) is 2. The molecule has 1 amide bonds. The number of alkyl carbamates (subject to hydrolysis) is 1. The number of nitrogens with zero attached hydrogens (tertiary/aromatic N) is 1. The Morgan fingerprint density at radius 1 is 1.47 bits per heavy atom. The summed E-state index contributed by atoms with van der Waals surface area (Å²) in [5, 5.41) is 2.68. The fourth-order valence-electron chi connectivity index (χ4n) is 2.39. The molecule has 0 radical (unpaired) electrons. The summed E-state index contributed by atoms with van der Waals surface area (Å²) < 4.78 is 12.0. The molecule has 3 rings (SSSR count). The summed E-state index contributed by atoms with van der Waals surface area (Å²) in [5.41, 5.74) is 1.16. The van der Waals surface area contributed by atoms with Gasteiger partial charge in [0.25, 0.3) is 0 Å². The molecule has 5 nitrogen and oxygen atoms in total. The third-order valence-corrected chi connectivity index (χ3v) is 3.78. The maximum Gasteiger partial charge on any atom is 0.407 e. The molecule has 2 aliphatic rings. The van der Waals surface area contributed by atoms with E-state index in [2.05, 4.69) is 32.2 Å². The second-order valence-corrected chi connectivity index (χ2v) is 5.66. The van der Waals surface area contributed by atoms with E-state index in [1.54, 1.807) is 0 Å². The lowest BCUT2D eigenvalue weighted by molar-refractivity contribution is 0.103. The van der Waals surface area contributed by atoms with E-state index in [0.29, 0.717) is 13.2 Å². The van der Waals surface area contributed by atoms with Crippen molar-refractivity contribution in [1.29, 1.82) is 0 Å². The Kier molecular flexibility index (Phi) is 3.61. The molecule has 0 bridgehead atoms. The topological polar surface area (TPSA) is 50.8 Å². The molecule has 1 saturated heterocycles. The Hall–Kier alpha value is -1.27. The first kappa shape index (κ1) is 12.7. The molecule has 0 saturated carbocycles. The van der Waals surface area contributed by atoms with Gasteiger partial charge in [0.15, 0.2) is 0 Å². The first-order valence-electron chi connectivity index (χ1n) is 6.29. The SMILES string of the molecule is O=C1NCC(CN2CCOc3ccc(Br)cc3C2)O1. The van der Waals surface area contributed by atoms with Crippen LogP contribution >= 0.6 is 15.9 Å². The number of hydrogen-bond acceptors (Lipinski definition) is 4. The Labute approximate surface area is 120 Å². The van der Waals surface area contributed by atoms with Crippen molar-refractivity contribution in [2.45, 2.75) is 12.6 Å². The summed E-state index contributed by atoms with van der Waals surface area (Å²) in [6.07, 6.45) is -0.389. The van der Waals surface area contributed by atoms with Crippen LogP contribution in [0.4, 0.5) is 4.79 Å². The van der Waals surface area contributed by atoms with Crippen molar-refractivity contribution in [2.75, 3.05) is 26.2 Å². The van der Waals surface area contributed by atoms with Gasteiger partial charge in [0.2, 0.25) is 0 Å². The highest BCUT2D eigenvalue weighted by Gasteiger charge is 2.26. The minimum atomic E-state index is -0.320. The van der Waals surface area contributed by atoms with Gasteiger partial charge in [-0.3, -0.25) is 4.90 Å². The zero-order valence-corrected chi connectivity index (χ0v) is 12.0. The lowest BCUT2D eigenvalue weighted by atomic mass is 10.2. The van der Waals surface area contributed by atoms with Crippen LogP contribution in [0, 0.1) is 0 Å². The molecule has 0 aliphatic carbocycles. The number of carbonyl (C=O) groups excluding carboxylic acids is 1. The highest BCUT2D eigenvalue weighted by Crippen LogP contribution is 2.26. The van der Waals surface area contributed by atoms with E-state index in [9.17, 15) is 4.79 Å². The van der Waals surface area contributed by atoms with E-state index in [1.165, 1.54) is 0 Å². The van der Waals surface area contributed by atoms with Crippen molar-refractivity contribution in [1.82, 2.24) is 10.2 Å².